The summed E-state index contributed by atoms with van der Waals surface area (Å²) in [6.45, 7) is 2.10. The molecule has 4 nitrogen and oxygen atoms in total. The Kier molecular flexibility index (Phi) is 3.89. The number of hydrogen-bond donors (Lipinski definition) is 0. The predicted octanol–water partition coefficient (Wildman–Crippen LogP) is 3.02. The van der Waals surface area contributed by atoms with E-state index in [1.54, 1.807) is 0 Å². The molecule has 3 rings (SSSR count). The Balaban J connectivity index is 1.82. The lowest BCUT2D eigenvalue weighted by molar-refractivity contribution is 0.0607. The fourth-order valence-corrected chi connectivity index (χ4v) is 4.85. The van der Waals surface area contributed by atoms with Gasteiger partial charge >= 0.3 is 0 Å². The van der Waals surface area contributed by atoms with Crippen LogP contribution in [0.25, 0.3) is 0 Å². The molecule has 0 spiro atoms. The van der Waals surface area contributed by atoms with Crippen molar-refractivity contribution in [2.45, 2.75) is 62.4 Å². The Labute approximate surface area is 125 Å². The maximum atomic E-state index is 12.8. The van der Waals surface area contributed by atoms with Crippen molar-refractivity contribution in [3.63, 3.8) is 0 Å². The first-order valence-corrected chi connectivity index (χ1v) is 8.67. The number of alkyl halides is 1. The number of amides is 1. The topological polar surface area (TPSA) is 46.1 Å². The van der Waals surface area contributed by atoms with E-state index < -0.39 is 0 Å². The average Bonchev–Trinajstić information content (AvgIpc) is 2.93. The number of carbonyl (C=O) groups excluding carboxylic acids is 1. The van der Waals surface area contributed by atoms with Gasteiger partial charge in [-0.2, -0.15) is 0 Å². The van der Waals surface area contributed by atoms with Gasteiger partial charge in [-0.1, -0.05) is 33.8 Å². The van der Waals surface area contributed by atoms with Gasteiger partial charge in [0.25, 0.3) is 5.91 Å². The molecular weight excluding hydrogens is 326 g/mol. The zero-order valence-electron chi connectivity index (χ0n) is 11.0. The molecule has 0 aromatic carbocycles. The summed E-state index contributed by atoms with van der Waals surface area (Å²) in [6.07, 6.45) is 6.31. The molecule has 19 heavy (non-hydrogen) atoms. The summed E-state index contributed by atoms with van der Waals surface area (Å²) in [5.74, 6) is 0.172. The van der Waals surface area contributed by atoms with Gasteiger partial charge in [0.2, 0.25) is 0 Å². The molecule has 3 heterocycles. The highest BCUT2D eigenvalue weighted by Gasteiger charge is 2.43. The monoisotopic (exact) mass is 343 g/mol. The van der Waals surface area contributed by atoms with E-state index in [0.717, 1.165) is 49.1 Å². The fraction of sp³-hybridized carbons (Fsp3) is 0.769. The summed E-state index contributed by atoms with van der Waals surface area (Å²) >= 11 is 4.97. The number of fused-ring (bicyclic) bond motifs is 2. The lowest BCUT2D eigenvalue weighted by atomic mass is 10.0. The van der Waals surface area contributed by atoms with E-state index in [1.807, 2.05) is 0 Å². The summed E-state index contributed by atoms with van der Waals surface area (Å²) in [6, 6.07) is 0.819. The molecule has 2 fully saturated rings. The van der Waals surface area contributed by atoms with Crippen LogP contribution in [0.5, 0.6) is 0 Å². The van der Waals surface area contributed by atoms with Crippen molar-refractivity contribution < 1.29 is 4.79 Å². The van der Waals surface area contributed by atoms with E-state index in [0.29, 0.717) is 16.9 Å². The van der Waals surface area contributed by atoms with Gasteiger partial charge in [-0.25, -0.2) is 0 Å². The lowest BCUT2D eigenvalue weighted by Crippen LogP contribution is -2.46. The molecule has 0 radical (unpaired) electrons. The molecule has 1 amide bonds. The van der Waals surface area contributed by atoms with Crippen LogP contribution >= 0.6 is 27.5 Å². The van der Waals surface area contributed by atoms with Crippen LogP contribution in [0, 0.1) is 0 Å². The van der Waals surface area contributed by atoms with Crippen LogP contribution in [-0.2, 0) is 6.42 Å². The van der Waals surface area contributed by atoms with Crippen molar-refractivity contribution >= 4 is 33.4 Å². The van der Waals surface area contributed by atoms with Crippen LogP contribution in [0.2, 0.25) is 0 Å². The van der Waals surface area contributed by atoms with E-state index >= 15 is 0 Å². The first kappa shape index (κ1) is 13.5. The Bertz CT molecular complexity index is 464. The van der Waals surface area contributed by atoms with E-state index in [4.69, 9.17) is 0 Å². The Morgan fingerprint density at radius 1 is 1.42 bits per heavy atom. The van der Waals surface area contributed by atoms with E-state index in [1.165, 1.54) is 11.5 Å². The highest BCUT2D eigenvalue weighted by atomic mass is 79.9. The molecule has 0 aliphatic carbocycles. The smallest absolute Gasteiger partial charge is 0.268 e. The van der Waals surface area contributed by atoms with E-state index in [2.05, 4.69) is 37.3 Å². The van der Waals surface area contributed by atoms with Gasteiger partial charge in [0.1, 0.15) is 4.88 Å². The van der Waals surface area contributed by atoms with Gasteiger partial charge in [0, 0.05) is 16.9 Å². The molecule has 2 bridgehead atoms. The number of aromatic nitrogens is 2. The van der Waals surface area contributed by atoms with Crippen molar-refractivity contribution in [1.29, 1.82) is 0 Å². The van der Waals surface area contributed by atoms with Crippen molar-refractivity contribution in [3.05, 3.63) is 10.6 Å². The van der Waals surface area contributed by atoms with Crippen LogP contribution in [-0.4, -0.2) is 37.3 Å². The van der Waals surface area contributed by atoms with E-state index in [9.17, 15) is 4.79 Å². The minimum absolute atomic E-state index is 0.172. The predicted molar refractivity (Wildman–Crippen MR) is 78.8 cm³/mol. The summed E-state index contributed by atoms with van der Waals surface area (Å²) in [4.78, 5) is 16.2. The zero-order valence-corrected chi connectivity index (χ0v) is 13.4. The molecular formula is C13H18BrN3OS. The lowest BCUT2D eigenvalue weighted by Gasteiger charge is -2.36. The number of halogens is 1. The summed E-state index contributed by atoms with van der Waals surface area (Å²) in [5.41, 5.74) is 0.887. The SMILES string of the molecule is CCCc1nnsc1C(=O)N1C2CCC1CC(Br)C2. The summed E-state index contributed by atoms with van der Waals surface area (Å²) < 4.78 is 3.98. The van der Waals surface area contributed by atoms with Crippen LogP contribution in [0.4, 0.5) is 0 Å². The number of piperidine rings is 1. The summed E-state index contributed by atoms with van der Waals surface area (Å²) in [5, 5.41) is 4.12. The maximum Gasteiger partial charge on any atom is 0.268 e. The van der Waals surface area contributed by atoms with Crippen LogP contribution in [0.15, 0.2) is 0 Å². The number of hydrogen-bond acceptors (Lipinski definition) is 4. The van der Waals surface area contributed by atoms with Crippen LogP contribution in [0.3, 0.4) is 0 Å². The second-order valence-electron chi connectivity index (χ2n) is 5.46. The molecule has 6 heteroatoms. The average molecular weight is 344 g/mol. The minimum Gasteiger partial charge on any atom is -0.332 e. The number of rotatable bonds is 3. The zero-order chi connectivity index (χ0) is 13.4. The van der Waals surface area contributed by atoms with Gasteiger partial charge in [0.05, 0.1) is 5.69 Å². The second kappa shape index (κ2) is 5.48. The van der Waals surface area contributed by atoms with Crippen LogP contribution < -0.4 is 0 Å². The third-order valence-electron chi connectivity index (χ3n) is 4.15. The highest BCUT2D eigenvalue weighted by molar-refractivity contribution is 9.09. The molecule has 0 N–H and O–H groups in total. The Morgan fingerprint density at radius 3 is 2.74 bits per heavy atom. The van der Waals surface area contributed by atoms with E-state index in [-0.39, 0.29) is 5.91 Å². The van der Waals surface area contributed by atoms with Gasteiger partial charge < -0.3 is 4.90 Å². The normalized spacial score (nSPS) is 29.8. The third-order valence-corrected chi connectivity index (χ3v) is 5.65. The third kappa shape index (κ3) is 2.44. The quantitative estimate of drug-likeness (QED) is 0.792. The second-order valence-corrected chi connectivity index (χ2v) is 7.51. The number of carbonyl (C=O) groups is 1. The van der Waals surface area contributed by atoms with Gasteiger partial charge in [0.15, 0.2) is 0 Å². The Morgan fingerprint density at radius 2 is 2.11 bits per heavy atom. The Hall–Kier alpha value is -0.490. The first-order chi connectivity index (χ1) is 9.20. The summed E-state index contributed by atoms with van der Waals surface area (Å²) in [7, 11) is 0. The molecule has 2 unspecified atom stereocenters. The highest BCUT2D eigenvalue weighted by Crippen LogP contribution is 2.39. The molecule has 2 aliphatic rings. The van der Waals surface area contributed by atoms with Crippen molar-refractivity contribution in [2.75, 3.05) is 0 Å². The first-order valence-electron chi connectivity index (χ1n) is 6.98. The number of nitrogens with zero attached hydrogens (tertiary/aromatic N) is 3. The molecule has 104 valence electrons. The van der Waals surface area contributed by atoms with Gasteiger partial charge in [-0.15, -0.1) is 5.10 Å². The van der Waals surface area contributed by atoms with Crippen molar-refractivity contribution in [3.8, 4) is 0 Å². The minimum atomic E-state index is 0.172. The molecule has 2 aliphatic heterocycles. The van der Waals surface area contributed by atoms with Crippen LogP contribution in [0.1, 0.15) is 54.4 Å². The molecule has 1 aromatic rings. The largest absolute Gasteiger partial charge is 0.332 e. The maximum absolute atomic E-state index is 12.8. The standard InChI is InChI=1S/C13H18BrN3OS/c1-2-3-11-12(19-16-15-11)13(18)17-9-4-5-10(17)7-8(14)6-9/h8-10H,2-7H2,1H3. The molecule has 0 saturated carbocycles. The van der Waals surface area contributed by atoms with Crippen molar-refractivity contribution in [1.82, 2.24) is 14.5 Å². The van der Waals surface area contributed by atoms with Crippen molar-refractivity contribution in [2.24, 2.45) is 0 Å². The fourth-order valence-electron chi connectivity index (χ4n) is 3.33. The number of aryl methyl sites for hydroxylation is 1. The van der Waals surface area contributed by atoms with Gasteiger partial charge in [-0.3, -0.25) is 4.79 Å². The molecule has 1 aromatic heterocycles. The molecule has 2 saturated heterocycles. The molecule has 2 atom stereocenters. The van der Waals surface area contributed by atoms with Gasteiger partial charge in [-0.05, 0) is 43.6 Å².